The van der Waals surface area contributed by atoms with Gasteiger partial charge in [0, 0.05) is 55.0 Å². The van der Waals surface area contributed by atoms with Crippen LogP contribution in [0.1, 0.15) is 117 Å². The summed E-state index contributed by atoms with van der Waals surface area (Å²) in [7, 11) is 0. The SMILES string of the molecule is CC[C@H](C)[C@H](NC(=O)[C@@H](N)CCCN=C(N)N)C(=O)N[C@@H](CC(N)=O)C(=O)N[C@@H](CC(N)=O)C(=O)N[C@H](C(=O)N1C[C@@H](n2cc(-c3ccccc3)nn2)C[C@H]1C(=O)N[C@@H](Cc1c[nH]c2ccccc12)C(=O)N[C@@H](CO)C(=O)N[C@@H](CCC(=O)O)C(=O)N[C@@H](C)C(=O)N[C@@H](CCSC)C(=O)N[C@@H](CCSC)C(=O)O)[C@@H](C)CC. The maximum Gasteiger partial charge on any atom is 0.326 e. The van der Waals surface area contributed by atoms with Crippen molar-refractivity contribution in [3.05, 3.63) is 72.6 Å². The molecule has 24 N–H and O–H groups in total. The third kappa shape index (κ3) is 28.1. The van der Waals surface area contributed by atoms with Gasteiger partial charge in [-0.2, -0.15) is 23.5 Å². The standard InChI is InChI=1S/C71H105N21O18S2/c1-8-36(3)57(87-60(99)43(72)19-15-25-77-71(75)76)68(107)85-49(30-54(73)94)64(103)83-50(31-55(74)95)65(104)88-58(37(4)9-2)69(108)91-33-41(92-34-51(89-90-92)39-16-11-10-12-17-39)29-53(91)67(106)84-48(28-40-32-78-44-20-14-13-18-42(40)44)63(102)86-52(35-93)66(105)81-45(21-22-56(96)97)61(100)79-38(5)59(98)80-46(23-26-111-6)62(101)82-47(70(109)110)24-27-112-7/h10-14,16-18,20,32,34,36-38,41,43,45-50,52-53,57-58,78,93H,8-9,15,19,21-31,33,35,72H2,1-7H3,(H2,73,94)(H2,74,95)(H,79,100)(H,80,98)(H,81,105)(H,82,101)(H,83,103)(H,84,106)(H,85,107)(H,86,102)(H,87,99)(H,88,104)(H,96,97)(H,109,110)(H4,75,76,77)/t36-,37-,38-,41-,43-,45-,46-,47-,48-,49-,50-,52-,53-,57-,58-/m0/s1. The summed E-state index contributed by atoms with van der Waals surface area (Å²) in [6.45, 7) is 6.52. The lowest BCUT2D eigenvalue weighted by atomic mass is 9.96. The number of fused-ring (bicyclic) bond motifs is 1. The summed E-state index contributed by atoms with van der Waals surface area (Å²) in [4.78, 5) is 215. The molecule has 0 aliphatic carbocycles. The van der Waals surface area contributed by atoms with Crippen LogP contribution < -0.4 is 81.8 Å². The largest absolute Gasteiger partial charge is 0.481 e. The molecule has 13 amide bonds. The molecule has 0 unspecified atom stereocenters. The van der Waals surface area contributed by atoms with Crippen molar-refractivity contribution in [2.24, 2.45) is 45.5 Å². The van der Waals surface area contributed by atoms with E-state index in [1.807, 2.05) is 0 Å². The molecule has 1 aliphatic rings. The van der Waals surface area contributed by atoms with Gasteiger partial charge in [0.2, 0.25) is 76.8 Å². The number of nitrogens with zero attached hydrogens (tertiary/aromatic N) is 5. The van der Waals surface area contributed by atoms with E-state index in [4.69, 9.17) is 28.7 Å². The minimum absolute atomic E-state index is 0.0488. The van der Waals surface area contributed by atoms with Crippen LogP contribution in [0.2, 0.25) is 0 Å². The van der Waals surface area contributed by atoms with E-state index in [0.717, 1.165) is 4.90 Å². The number of guanidine groups is 1. The van der Waals surface area contributed by atoms with Crippen molar-refractivity contribution in [3.63, 3.8) is 0 Å². The molecule has 41 heteroatoms. The van der Waals surface area contributed by atoms with Crippen molar-refractivity contribution in [2.75, 3.05) is 43.7 Å². The van der Waals surface area contributed by atoms with Crippen LogP contribution in [-0.2, 0) is 78.3 Å². The molecule has 112 heavy (non-hydrogen) atoms. The molecule has 1 saturated heterocycles. The number of aliphatic imine (C=N–C) groups is 1. The number of H-pyrrole nitrogens is 1. The number of benzene rings is 2. The highest BCUT2D eigenvalue weighted by atomic mass is 32.2. The lowest BCUT2D eigenvalue weighted by molar-refractivity contribution is -0.144. The Morgan fingerprint density at radius 1 is 0.598 bits per heavy atom. The van der Waals surface area contributed by atoms with Gasteiger partial charge < -0.3 is 107 Å². The Bertz CT molecular complexity index is 3970. The molecule has 5 rings (SSSR count). The molecular weight excluding hydrogens is 1500 g/mol. The zero-order valence-corrected chi connectivity index (χ0v) is 65.1. The second-order valence-corrected chi connectivity index (χ2v) is 29.2. The number of carboxylic acid groups (broad SMARTS) is 2. The van der Waals surface area contributed by atoms with Crippen LogP contribution in [0.25, 0.3) is 22.2 Å². The molecule has 4 aromatic rings. The number of para-hydroxylation sites is 1. The first-order chi connectivity index (χ1) is 53.1. The molecule has 0 saturated carbocycles. The van der Waals surface area contributed by atoms with Gasteiger partial charge in [-0.05, 0) is 86.5 Å². The van der Waals surface area contributed by atoms with E-state index in [2.05, 4.69) is 73.5 Å². The van der Waals surface area contributed by atoms with Crippen LogP contribution in [-0.4, -0.2) is 251 Å². The number of aliphatic hydroxyl groups excluding tert-OH is 1. The molecular formula is C71H105N21O18S2. The molecule has 0 radical (unpaired) electrons. The monoisotopic (exact) mass is 1600 g/mol. The number of hydrogen-bond donors (Lipinski definition) is 19. The molecule has 2 aromatic carbocycles. The number of nitrogens with one attached hydrogen (secondary N) is 11. The van der Waals surface area contributed by atoms with Crippen LogP contribution in [0.4, 0.5) is 0 Å². The third-order valence-corrected chi connectivity index (χ3v) is 20.1. The van der Waals surface area contributed by atoms with Gasteiger partial charge in [-0.3, -0.25) is 72.1 Å². The minimum atomic E-state index is -1.94. The summed E-state index contributed by atoms with van der Waals surface area (Å²) < 4.78 is 1.43. The predicted octanol–water partition coefficient (Wildman–Crippen LogP) is -3.65. The molecule has 15 atom stereocenters. The summed E-state index contributed by atoms with van der Waals surface area (Å²) in [6, 6.07) is -3.88. The highest BCUT2D eigenvalue weighted by molar-refractivity contribution is 7.98. The molecule has 614 valence electrons. The van der Waals surface area contributed by atoms with Crippen molar-refractivity contribution in [3.8, 4) is 11.3 Å². The number of aromatic amines is 1. The molecule has 3 heterocycles. The van der Waals surface area contributed by atoms with Crippen molar-refractivity contribution in [1.29, 1.82) is 0 Å². The van der Waals surface area contributed by atoms with Crippen molar-refractivity contribution < 1.29 is 87.2 Å². The number of carbonyl (C=O) groups is 15. The summed E-state index contributed by atoms with van der Waals surface area (Å²) >= 11 is 2.69. The number of primary amides is 2. The Hall–Kier alpha value is -10.9. The van der Waals surface area contributed by atoms with E-state index in [0.29, 0.717) is 52.1 Å². The van der Waals surface area contributed by atoms with E-state index < -0.39 is 211 Å². The van der Waals surface area contributed by atoms with Crippen molar-refractivity contribution in [2.45, 2.75) is 190 Å². The van der Waals surface area contributed by atoms with Crippen LogP contribution in [0.3, 0.4) is 0 Å². The van der Waals surface area contributed by atoms with Crippen LogP contribution in [0, 0.1) is 11.8 Å². The average Bonchev–Trinajstić information content (AvgIpc) is 1.63. The quantitative estimate of drug-likeness (QED) is 0.0115. The smallest absolute Gasteiger partial charge is 0.326 e. The number of aliphatic carboxylic acids is 2. The van der Waals surface area contributed by atoms with Gasteiger partial charge >= 0.3 is 11.9 Å². The Morgan fingerprint density at radius 3 is 1.71 bits per heavy atom. The Balaban J connectivity index is 1.47. The number of likely N-dealkylation sites (tertiary alicyclic amines) is 1. The Kier molecular flexibility index (Phi) is 37.2. The van der Waals surface area contributed by atoms with Crippen molar-refractivity contribution >= 4 is 129 Å². The first-order valence-corrected chi connectivity index (χ1v) is 39.2. The number of hydrogen-bond acceptors (Lipinski definition) is 22. The zero-order chi connectivity index (χ0) is 83.1. The number of aromatic nitrogens is 4. The number of thioether (sulfide) groups is 2. The van der Waals surface area contributed by atoms with E-state index in [9.17, 15) is 77.6 Å². The lowest BCUT2D eigenvalue weighted by Crippen LogP contribution is -2.62. The fourth-order valence-corrected chi connectivity index (χ4v) is 12.9. The summed E-state index contributed by atoms with van der Waals surface area (Å²) in [5, 5.41) is 64.4. The topological polar surface area (TPSA) is 629 Å². The lowest BCUT2D eigenvalue weighted by Gasteiger charge is -2.33. The van der Waals surface area contributed by atoms with Gasteiger partial charge in [0.05, 0.1) is 37.7 Å². The summed E-state index contributed by atoms with van der Waals surface area (Å²) in [5.74, 6) is -17.0. The first-order valence-electron chi connectivity index (χ1n) is 36.4. The highest BCUT2D eigenvalue weighted by Crippen LogP contribution is 2.31. The number of carboxylic acids is 2. The number of amides is 13. The molecule has 0 bridgehead atoms. The molecule has 0 spiro atoms. The van der Waals surface area contributed by atoms with E-state index >= 15 is 9.59 Å². The van der Waals surface area contributed by atoms with E-state index in [1.165, 1.54) is 35.1 Å². The van der Waals surface area contributed by atoms with E-state index in [1.54, 1.807) is 107 Å². The maximum absolute atomic E-state index is 15.6. The molecule has 1 aliphatic heterocycles. The zero-order valence-electron chi connectivity index (χ0n) is 63.4. The second-order valence-electron chi connectivity index (χ2n) is 27.2. The molecule has 1 fully saturated rings. The van der Waals surface area contributed by atoms with Crippen LogP contribution in [0.5, 0.6) is 0 Å². The molecule has 2 aromatic heterocycles. The fraction of sp³-hybridized carbons (Fsp3) is 0.549. The third-order valence-electron chi connectivity index (χ3n) is 18.8. The number of carbonyl (C=O) groups excluding carboxylic acids is 13. The van der Waals surface area contributed by atoms with Crippen LogP contribution >= 0.6 is 23.5 Å². The van der Waals surface area contributed by atoms with Gasteiger partial charge in [-0.1, -0.05) is 94.3 Å². The Morgan fingerprint density at radius 2 is 1.12 bits per heavy atom. The highest BCUT2D eigenvalue weighted by Gasteiger charge is 2.46. The van der Waals surface area contributed by atoms with Gasteiger partial charge in [-0.15, -0.1) is 5.10 Å². The minimum Gasteiger partial charge on any atom is -0.481 e. The normalized spacial score (nSPS) is 16.7. The number of rotatable bonds is 48. The van der Waals surface area contributed by atoms with Crippen LogP contribution in [0.15, 0.2) is 72.0 Å². The van der Waals surface area contributed by atoms with Gasteiger partial charge in [0.15, 0.2) is 5.96 Å². The average molecular weight is 1600 g/mol. The Labute approximate surface area is 654 Å². The first kappa shape index (κ1) is 91.7. The van der Waals surface area contributed by atoms with Gasteiger partial charge in [0.25, 0.3) is 0 Å². The van der Waals surface area contributed by atoms with E-state index in [-0.39, 0.29) is 57.6 Å². The molecule has 39 nitrogen and oxygen atoms in total. The summed E-state index contributed by atoms with van der Waals surface area (Å²) in [6.07, 6.45) is 3.96. The fourth-order valence-electron chi connectivity index (χ4n) is 12.0. The number of nitrogens with two attached hydrogens (primary N) is 5. The summed E-state index contributed by atoms with van der Waals surface area (Å²) in [5.41, 5.74) is 30.2. The maximum atomic E-state index is 15.6. The predicted molar refractivity (Wildman–Crippen MR) is 414 cm³/mol. The second kappa shape index (κ2) is 45.4. The number of aliphatic hydroxyl groups is 1. The van der Waals surface area contributed by atoms with Gasteiger partial charge in [-0.25, -0.2) is 9.48 Å². The van der Waals surface area contributed by atoms with Gasteiger partial charge in [0.1, 0.15) is 72.2 Å². The van der Waals surface area contributed by atoms with Crippen molar-refractivity contribution in [1.82, 2.24) is 78.0 Å².